The first-order valence-electron chi connectivity index (χ1n) is 8.32. The molecule has 7 nitrogen and oxygen atoms in total. The first-order chi connectivity index (χ1) is 11.6. The van der Waals surface area contributed by atoms with Crippen LogP contribution in [-0.2, 0) is 31.4 Å². The fourth-order valence-electron chi connectivity index (χ4n) is 3.05. The van der Waals surface area contributed by atoms with Crippen molar-refractivity contribution >= 4 is 11.8 Å². The van der Waals surface area contributed by atoms with Crippen LogP contribution in [0.1, 0.15) is 29.9 Å². The maximum absolute atomic E-state index is 5.79. The van der Waals surface area contributed by atoms with E-state index in [1.54, 1.807) is 11.8 Å². The molecular formula is C16H26N6OS. The molecule has 1 fully saturated rings. The van der Waals surface area contributed by atoms with Gasteiger partial charge in [0.2, 0.25) is 0 Å². The minimum absolute atomic E-state index is 0.288. The van der Waals surface area contributed by atoms with E-state index in [-0.39, 0.29) is 6.10 Å². The highest BCUT2D eigenvalue weighted by Crippen LogP contribution is 2.20. The fraction of sp³-hybridized carbons (Fsp3) is 0.688. The summed E-state index contributed by atoms with van der Waals surface area (Å²) in [6.45, 7) is 5.42. The van der Waals surface area contributed by atoms with E-state index < -0.39 is 0 Å². The number of hydrogen-bond donors (Lipinski definition) is 0. The molecule has 0 aromatic carbocycles. The molecule has 2 aromatic rings. The van der Waals surface area contributed by atoms with Crippen molar-refractivity contribution in [2.24, 2.45) is 7.05 Å². The molecule has 1 saturated heterocycles. The van der Waals surface area contributed by atoms with E-state index >= 15 is 0 Å². The van der Waals surface area contributed by atoms with Crippen LogP contribution in [0.4, 0.5) is 0 Å². The SMILES string of the molecule is CSc1nnc(CN(C)Cc2cnn(C)c2C)n1C[C@H]1CCCO1. The minimum atomic E-state index is 0.288. The smallest absolute Gasteiger partial charge is 0.191 e. The lowest BCUT2D eigenvalue weighted by Crippen LogP contribution is -2.23. The molecule has 0 radical (unpaired) electrons. The zero-order valence-corrected chi connectivity index (χ0v) is 15.7. The van der Waals surface area contributed by atoms with Crippen LogP contribution in [0.2, 0.25) is 0 Å². The van der Waals surface area contributed by atoms with Gasteiger partial charge in [0.05, 0.1) is 25.4 Å². The van der Waals surface area contributed by atoms with Crippen LogP contribution in [0.3, 0.4) is 0 Å². The van der Waals surface area contributed by atoms with Crippen molar-refractivity contribution in [2.45, 2.75) is 50.7 Å². The third-order valence-corrected chi connectivity index (χ3v) is 5.24. The predicted molar refractivity (Wildman–Crippen MR) is 93.9 cm³/mol. The largest absolute Gasteiger partial charge is 0.376 e. The third-order valence-electron chi connectivity index (χ3n) is 4.57. The maximum Gasteiger partial charge on any atom is 0.191 e. The van der Waals surface area contributed by atoms with Crippen LogP contribution >= 0.6 is 11.8 Å². The summed E-state index contributed by atoms with van der Waals surface area (Å²) in [4.78, 5) is 2.25. The van der Waals surface area contributed by atoms with Gasteiger partial charge in [-0.05, 0) is 33.1 Å². The van der Waals surface area contributed by atoms with Gasteiger partial charge in [-0.25, -0.2) is 0 Å². The Balaban J connectivity index is 1.69. The van der Waals surface area contributed by atoms with Crippen molar-refractivity contribution in [3.8, 4) is 0 Å². The monoisotopic (exact) mass is 350 g/mol. The van der Waals surface area contributed by atoms with Gasteiger partial charge in [-0.2, -0.15) is 5.10 Å². The molecule has 0 amide bonds. The summed E-state index contributed by atoms with van der Waals surface area (Å²) in [7, 11) is 4.08. The Morgan fingerprint density at radius 1 is 1.38 bits per heavy atom. The quantitative estimate of drug-likeness (QED) is 0.710. The van der Waals surface area contributed by atoms with E-state index in [2.05, 4.69) is 38.7 Å². The van der Waals surface area contributed by atoms with Crippen molar-refractivity contribution < 1.29 is 4.74 Å². The first-order valence-corrected chi connectivity index (χ1v) is 9.54. The molecule has 3 rings (SSSR count). The van der Waals surface area contributed by atoms with Crippen LogP contribution in [0.15, 0.2) is 11.4 Å². The number of thioether (sulfide) groups is 1. The Bertz CT molecular complexity index is 676. The minimum Gasteiger partial charge on any atom is -0.376 e. The number of aromatic nitrogens is 5. The Hall–Kier alpha value is -1.38. The highest BCUT2D eigenvalue weighted by Gasteiger charge is 2.21. The average Bonchev–Trinajstić information content (AvgIpc) is 3.27. The number of nitrogens with zero attached hydrogens (tertiary/aromatic N) is 6. The number of aryl methyl sites for hydroxylation is 1. The van der Waals surface area contributed by atoms with E-state index in [1.165, 1.54) is 11.3 Å². The normalized spacial score (nSPS) is 18.0. The van der Waals surface area contributed by atoms with Crippen LogP contribution < -0.4 is 0 Å². The molecule has 2 aromatic heterocycles. The molecule has 0 spiro atoms. The summed E-state index contributed by atoms with van der Waals surface area (Å²) < 4.78 is 9.92. The van der Waals surface area contributed by atoms with E-state index in [0.717, 1.165) is 50.1 Å². The lowest BCUT2D eigenvalue weighted by Gasteiger charge is -2.18. The summed E-state index contributed by atoms with van der Waals surface area (Å²) in [6, 6.07) is 0. The van der Waals surface area contributed by atoms with Gasteiger partial charge in [0.1, 0.15) is 5.82 Å². The van der Waals surface area contributed by atoms with Gasteiger partial charge in [0.25, 0.3) is 0 Å². The third kappa shape index (κ3) is 3.81. The highest BCUT2D eigenvalue weighted by atomic mass is 32.2. The Kier molecular flexibility index (Phi) is 5.57. The van der Waals surface area contributed by atoms with E-state index in [0.29, 0.717) is 0 Å². The van der Waals surface area contributed by atoms with Gasteiger partial charge in [0, 0.05) is 31.5 Å². The maximum atomic E-state index is 5.79. The van der Waals surface area contributed by atoms with Crippen LogP contribution in [0.5, 0.6) is 0 Å². The van der Waals surface area contributed by atoms with E-state index in [1.807, 2.05) is 24.2 Å². The molecule has 1 aliphatic heterocycles. The molecule has 0 bridgehead atoms. The molecule has 8 heteroatoms. The van der Waals surface area contributed by atoms with Gasteiger partial charge in [0.15, 0.2) is 5.16 Å². The van der Waals surface area contributed by atoms with E-state index in [9.17, 15) is 0 Å². The standard InChI is InChI=1S/C16H26N6OS/c1-12-13(8-17-21(12)3)9-20(2)11-15-18-19-16(24-4)22(15)10-14-6-5-7-23-14/h8,14H,5-7,9-11H2,1-4H3/t14-/m1/s1. The summed E-state index contributed by atoms with van der Waals surface area (Å²) in [6.07, 6.45) is 6.54. The molecule has 1 atom stereocenters. The Labute approximate surface area is 147 Å². The van der Waals surface area contributed by atoms with Crippen LogP contribution in [-0.4, -0.2) is 55.5 Å². The Morgan fingerprint density at radius 3 is 2.83 bits per heavy atom. The second-order valence-electron chi connectivity index (χ2n) is 6.40. The van der Waals surface area contributed by atoms with Crippen molar-refractivity contribution in [1.82, 2.24) is 29.4 Å². The number of rotatable bonds is 7. The van der Waals surface area contributed by atoms with Gasteiger partial charge in [-0.3, -0.25) is 9.58 Å². The number of hydrogen-bond acceptors (Lipinski definition) is 6. The van der Waals surface area contributed by atoms with Gasteiger partial charge < -0.3 is 9.30 Å². The first kappa shape index (κ1) is 17.4. The zero-order chi connectivity index (χ0) is 17.1. The topological polar surface area (TPSA) is 61.0 Å². The zero-order valence-electron chi connectivity index (χ0n) is 14.9. The molecule has 132 valence electrons. The molecular weight excluding hydrogens is 324 g/mol. The van der Waals surface area contributed by atoms with Gasteiger partial charge in [-0.1, -0.05) is 11.8 Å². The molecule has 0 saturated carbocycles. The van der Waals surface area contributed by atoms with Gasteiger partial charge >= 0.3 is 0 Å². The lowest BCUT2D eigenvalue weighted by molar-refractivity contribution is 0.0934. The van der Waals surface area contributed by atoms with Crippen molar-refractivity contribution in [3.63, 3.8) is 0 Å². The highest BCUT2D eigenvalue weighted by molar-refractivity contribution is 7.98. The molecule has 3 heterocycles. The summed E-state index contributed by atoms with van der Waals surface area (Å²) in [5.41, 5.74) is 2.45. The molecule has 0 aliphatic carbocycles. The summed E-state index contributed by atoms with van der Waals surface area (Å²) in [5, 5.41) is 14.0. The Morgan fingerprint density at radius 2 is 2.21 bits per heavy atom. The molecule has 0 unspecified atom stereocenters. The fourth-order valence-corrected chi connectivity index (χ4v) is 3.57. The molecule has 24 heavy (non-hydrogen) atoms. The van der Waals surface area contributed by atoms with Crippen LogP contribution in [0.25, 0.3) is 0 Å². The van der Waals surface area contributed by atoms with E-state index in [4.69, 9.17) is 4.74 Å². The predicted octanol–water partition coefficient (Wildman–Crippen LogP) is 1.85. The average molecular weight is 350 g/mol. The second-order valence-corrected chi connectivity index (χ2v) is 7.17. The van der Waals surface area contributed by atoms with Crippen molar-refractivity contribution in [2.75, 3.05) is 19.9 Å². The van der Waals surface area contributed by atoms with Crippen molar-refractivity contribution in [1.29, 1.82) is 0 Å². The number of ether oxygens (including phenoxy) is 1. The van der Waals surface area contributed by atoms with Gasteiger partial charge in [-0.15, -0.1) is 10.2 Å². The second kappa shape index (κ2) is 7.67. The molecule has 1 aliphatic rings. The van der Waals surface area contributed by atoms with Crippen LogP contribution in [0, 0.1) is 6.92 Å². The lowest BCUT2D eigenvalue weighted by atomic mass is 10.2. The summed E-state index contributed by atoms with van der Waals surface area (Å²) in [5.74, 6) is 0.999. The summed E-state index contributed by atoms with van der Waals surface area (Å²) >= 11 is 1.64. The molecule has 0 N–H and O–H groups in total. The van der Waals surface area contributed by atoms with Crippen molar-refractivity contribution in [3.05, 3.63) is 23.3 Å².